The molecule has 1 aromatic heterocycles. The molecule has 2 aromatic rings. The third-order valence-corrected chi connectivity index (χ3v) is 3.29. The van der Waals surface area contributed by atoms with Crippen LogP contribution in [0.3, 0.4) is 0 Å². The summed E-state index contributed by atoms with van der Waals surface area (Å²) in [6.45, 7) is 0. The summed E-state index contributed by atoms with van der Waals surface area (Å²) < 4.78 is 16.0. The lowest BCUT2D eigenvalue weighted by molar-refractivity contribution is 0.369. The van der Waals surface area contributed by atoms with E-state index in [0.717, 1.165) is 22.8 Å². The minimum atomic E-state index is 0.680. The third kappa shape index (κ3) is 2.56. The van der Waals surface area contributed by atoms with Gasteiger partial charge >= 0.3 is 0 Å². The maximum absolute atomic E-state index is 5.39. The molecular weight excluding hydrogens is 250 g/mol. The van der Waals surface area contributed by atoms with Gasteiger partial charge in [0.15, 0.2) is 0 Å². The van der Waals surface area contributed by atoms with Gasteiger partial charge in [-0.15, -0.1) is 11.3 Å². The quantitative estimate of drug-likeness (QED) is 0.833. The third-order valence-electron chi connectivity index (χ3n) is 2.66. The fraction of sp³-hybridized carbons (Fsp3) is 0.308. The maximum atomic E-state index is 5.39. The summed E-state index contributed by atoms with van der Waals surface area (Å²) in [5.41, 5.74) is 3.80. The van der Waals surface area contributed by atoms with Crippen molar-refractivity contribution in [3.05, 3.63) is 34.3 Å². The Morgan fingerprint density at radius 3 is 2.17 bits per heavy atom. The van der Waals surface area contributed by atoms with E-state index in [1.54, 1.807) is 32.7 Å². The number of hydrogen-bond donors (Lipinski definition) is 0. The van der Waals surface area contributed by atoms with Crippen molar-refractivity contribution >= 4 is 11.3 Å². The molecule has 0 unspecified atom stereocenters. The molecule has 0 saturated heterocycles. The Morgan fingerprint density at radius 2 is 1.72 bits per heavy atom. The van der Waals surface area contributed by atoms with E-state index in [2.05, 4.69) is 4.98 Å². The predicted octanol–water partition coefficient (Wildman–Crippen LogP) is 2.76. The van der Waals surface area contributed by atoms with Crippen molar-refractivity contribution in [3.63, 3.8) is 0 Å². The number of ether oxygens (including phenoxy) is 3. The number of hydrogen-bond acceptors (Lipinski definition) is 5. The molecule has 1 aromatic carbocycles. The highest BCUT2D eigenvalue weighted by molar-refractivity contribution is 7.07. The zero-order valence-electron chi connectivity index (χ0n) is 10.6. The minimum Gasteiger partial charge on any atom is -0.496 e. The minimum absolute atomic E-state index is 0.680. The second-order valence-corrected chi connectivity index (χ2v) is 4.39. The van der Waals surface area contributed by atoms with Gasteiger partial charge < -0.3 is 14.2 Å². The number of nitrogens with zero attached hydrogens (tertiary/aromatic N) is 1. The molecule has 1 heterocycles. The molecule has 0 aliphatic heterocycles. The van der Waals surface area contributed by atoms with Crippen LogP contribution in [0.25, 0.3) is 0 Å². The van der Waals surface area contributed by atoms with E-state index in [4.69, 9.17) is 14.2 Å². The zero-order valence-corrected chi connectivity index (χ0v) is 11.4. The van der Waals surface area contributed by atoms with Crippen LogP contribution in [-0.2, 0) is 6.42 Å². The van der Waals surface area contributed by atoms with E-state index in [1.165, 1.54) is 0 Å². The fourth-order valence-corrected chi connectivity index (χ4v) is 2.32. The topological polar surface area (TPSA) is 40.6 Å². The van der Waals surface area contributed by atoms with E-state index < -0.39 is 0 Å². The molecule has 0 saturated carbocycles. The van der Waals surface area contributed by atoms with Crippen LogP contribution in [0, 0.1) is 0 Å². The number of benzene rings is 1. The van der Waals surface area contributed by atoms with E-state index in [1.807, 2.05) is 23.0 Å². The average Bonchev–Trinajstić information content (AvgIpc) is 2.91. The van der Waals surface area contributed by atoms with E-state index in [-0.39, 0.29) is 0 Å². The predicted molar refractivity (Wildman–Crippen MR) is 71.0 cm³/mol. The lowest BCUT2D eigenvalue weighted by Crippen LogP contribution is -1.99. The van der Waals surface area contributed by atoms with Crippen molar-refractivity contribution in [1.82, 2.24) is 4.98 Å². The van der Waals surface area contributed by atoms with Crippen molar-refractivity contribution in [1.29, 1.82) is 0 Å². The largest absolute Gasteiger partial charge is 0.496 e. The first-order valence-electron chi connectivity index (χ1n) is 5.44. The molecule has 96 valence electrons. The van der Waals surface area contributed by atoms with Gasteiger partial charge in [0.05, 0.1) is 32.5 Å². The molecule has 0 fully saturated rings. The summed E-state index contributed by atoms with van der Waals surface area (Å²) in [5, 5.41) is 2.02. The monoisotopic (exact) mass is 265 g/mol. The summed E-state index contributed by atoms with van der Waals surface area (Å²) in [6, 6.07) is 3.70. The first kappa shape index (κ1) is 12.7. The summed E-state index contributed by atoms with van der Waals surface area (Å²) in [6.07, 6.45) is 0.680. The molecule has 0 spiro atoms. The van der Waals surface area contributed by atoms with Crippen LogP contribution in [0.4, 0.5) is 0 Å². The van der Waals surface area contributed by atoms with Crippen LogP contribution < -0.4 is 14.2 Å². The second-order valence-electron chi connectivity index (χ2n) is 3.67. The van der Waals surface area contributed by atoms with Gasteiger partial charge in [-0.1, -0.05) is 0 Å². The van der Waals surface area contributed by atoms with Crippen LogP contribution in [0.15, 0.2) is 23.0 Å². The maximum Gasteiger partial charge on any atom is 0.129 e. The molecule has 5 heteroatoms. The van der Waals surface area contributed by atoms with E-state index in [0.29, 0.717) is 12.2 Å². The molecule has 0 atom stereocenters. The Kier molecular flexibility index (Phi) is 4.04. The summed E-state index contributed by atoms with van der Waals surface area (Å²) in [4.78, 5) is 4.28. The highest BCUT2D eigenvalue weighted by Gasteiger charge is 2.14. The van der Waals surface area contributed by atoms with Crippen LogP contribution in [0.2, 0.25) is 0 Å². The van der Waals surface area contributed by atoms with Gasteiger partial charge in [0.25, 0.3) is 0 Å². The standard InChI is InChI=1S/C13H15NO3S/c1-15-10-5-12(16-2)11(13(6-10)17-3)4-9-7-18-8-14-9/h5-8H,4H2,1-3H3. The first-order chi connectivity index (χ1) is 8.78. The summed E-state index contributed by atoms with van der Waals surface area (Å²) >= 11 is 1.58. The smallest absolute Gasteiger partial charge is 0.129 e. The SMILES string of the molecule is COc1cc(OC)c(Cc2cscn2)c(OC)c1. The van der Waals surface area contributed by atoms with Crippen LogP contribution >= 0.6 is 11.3 Å². The van der Waals surface area contributed by atoms with Gasteiger partial charge in [-0.05, 0) is 0 Å². The molecule has 0 N–H and O–H groups in total. The molecule has 0 radical (unpaired) electrons. The van der Waals surface area contributed by atoms with Crippen molar-refractivity contribution < 1.29 is 14.2 Å². The Bertz CT molecular complexity index is 486. The van der Waals surface area contributed by atoms with Crippen LogP contribution in [0.5, 0.6) is 17.2 Å². The molecule has 18 heavy (non-hydrogen) atoms. The molecule has 0 aliphatic rings. The lowest BCUT2D eigenvalue weighted by Gasteiger charge is -2.14. The van der Waals surface area contributed by atoms with Crippen molar-refractivity contribution in [3.8, 4) is 17.2 Å². The fourth-order valence-electron chi connectivity index (χ4n) is 1.76. The molecule has 4 nitrogen and oxygen atoms in total. The summed E-state index contributed by atoms with van der Waals surface area (Å²) in [5.74, 6) is 2.21. The number of methoxy groups -OCH3 is 3. The summed E-state index contributed by atoms with van der Waals surface area (Å²) in [7, 11) is 4.89. The van der Waals surface area contributed by atoms with Crippen LogP contribution in [-0.4, -0.2) is 26.3 Å². The highest BCUT2D eigenvalue weighted by atomic mass is 32.1. The second kappa shape index (κ2) is 5.73. The van der Waals surface area contributed by atoms with Crippen molar-refractivity contribution in [2.24, 2.45) is 0 Å². The van der Waals surface area contributed by atoms with Gasteiger partial charge in [0.2, 0.25) is 0 Å². The first-order valence-corrected chi connectivity index (χ1v) is 6.38. The molecule has 0 aliphatic carbocycles. The Labute approximate surface area is 110 Å². The van der Waals surface area contributed by atoms with E-state index in [9.17, 15) is 0 Å². The average molecular weight is 265 g/mol. The normalized spacial score (nSPS) is 10.2. The molecule has 0 bridgehead atoms. The van der Waals surface area contributed by atoms with Gasteiger partial charge in [0, 0.05) is 29.5 Å². The zero-order chi connectivity index (χ0) is 13.0. The molecule has 2 rings (SSSR count). The lowest BCUT2D eigenvalue weighted by atomic mass is 10.1. The molecular formula is C13H15NO3S. The number of aromatic nitrogens is 1. The highest BCUT2D eigenvalue weighted by Crippen LogP contribution is 2.35. The van der Waals surface area contributed by atoms with Crippen molar-refractivity contribution in [2.45, 2.75) is 6.42 Å². The van der Waals surface area contributed by atoms with Gasteiger partial charge in [-0.3, -0.25) is 0 Å². The molecule has 0 amide bonds. The van der Waals surface area contributed by atoms with Crippen LogP contribution in [0.1, 0.15) is 11.3 Å². The van der Waals surface area contributed by atoms with Gasteiger partial charge in [-0.2, -0.15) is 0 Å². The van der Waals surface area contributed by atoms with Crippen molar-refractivity contribution in [2.75, 3.05) is 21.3 Å². The number of thiazole rings is 1. The van der Waals surface area contributed by atoms with Gasteiger partial charge in [0.1, 0.15) is 17.2 Å². The number of rotatable bonds is 5. The van der Waals surface area contributed by atoms with Gasteiger partial charge in [-0.25, -0.2) is 4.98 Å². The Balaban J connectivity index is 2.43. The Morgan fingerprint density at radius 1 is 1.06 bits per heavy atom. The van der Waals surface area contributed by atoms with E-state index >= 15 is 0 Å². The Hall–Kier alpha value is -1.75.